The van der Waals surface area contributed by atoms with Crippen LogP contribution in [0.25, 0.3) is 0 Å². The van der Waals surface area contributed by atoms with Gasteiger partial charge in [-0.1, -0.05) is 13.3 Å². The fourth-order valence-corrected chi connectivity index (χ4v) is 2.19. The molecule has 130 valence electrons. The van der Waals surface area contributed by atoms with Crippen LogP contribution in [0, 0.1) is 0 Å². The number of unbranched alkanes of at least 4 members (excludes halogenated alkanes) is 2. The molecule has 10 heteroatoms. The molecule has 1 N–H and O–H groups in total. The summed E-state index contributed by atoms with van der Waals surface area (Å²) in [6, 6.07) is 0. The van der Waals surface area contributed by atoms with E-state index < -0.39 is 20.2 Å². The highest BCUT2D eigenvalue weighted by Gasteiger charge is 2.06. The number of aromatic nitrogens is 2. The zero-order valence-corrected chi connectivity index (χ0v) is 14.5. The molecule has 0 spiro atoms. The van der Waals surface area contributed by atoms with Crippen molar-refractivity contribution in [1.82, 2.24) is 4.57 Å². The lowest BCUT2D eigenvalue weighted by Gasteiger charge is -1.97. The maximum atomic E-state index is 10.5. The van der Waals surface area contributed by atoms with Crippen molar-refractivity contribution in [2.45, 2.75) is 45.7 Å². The van der Waals surface area contributed by atoms with Gasteiger partial charge in [0.15, 0.2) is 0 Å². The number of hydrogen-bond donors (Lipinski definition) is 1. The molecule has 22 heavy (non-hydrogen) atoms. The first kappa shape index (κ1) is 21.0. The molecule has 0 saturated heterocycles. The van der Waals surface area contributed by atoms with Crippen LogP contribution in [0.2, 0.25) is 0 Å². The van der Waals surface area contributed by atoms with Crippen LogP contribution in [-0.4, -0.2) is 42.5 Å². The Bertz CT molecular complexity index is 614. The molecule has 1 aromatic heterocycles. The van der Waals surface area contributed by atoms with Crippen LogP contribution in [0.15, 0.2) is 18.7 Å². The van der Waals surface area contributed by atoms with Gasteiger partial charge in [-0.15, -0.1) is 0 Å². The fourth-order valence-electron chi connectivity index (χ4n) is 1.62. The second kappa shape index (κ2) is 9.93. The van der Waals surface area contributed by atoms with E-state index in [1.807, 2.05) is 23.3 Å². The second-order valence-corrected chi connectivity index (χ2v) is 7.92. The summed E-state index contributed by atoms with van der Waals surface area (Å²) in [7, 11) is -7.72. The largest absolute Gasteiger partial charge is 0.748 e. The maximum absolute atomic E-state index is 10.5. The molecule has 0 radical (unpaired) electrons. The summed E-state index contributed by atoms with van der Waals surface area (Å²) in [5.41, 5.74) is 0. The van der Waals surface area contributed by atoms with Gasteiger partial charge in [0, 0.05) is 6.26 Å². The van der Waals surface area contributed by atoms with E-state index in [-0.39, 0.29) is 5.75 Å². The van der Waals surface area contributed by atoms with Crippen molar-refractivity contribution in [2.24, 2.45) is 0 Å². The molecular weight excluding hydrogens is 332 g/mol. The van der Waals surface area contributed by atoms with Crippen molar-refractivity contribution in [1.29, 1.82) is 0 Å². The summed E-state index contributed by atoms with van der Waals surface area (Å²) in [5.74, 6) is -0.149. The zero-order valence-electron chi connectivity index (χ0n) is 12.9. The summed E-state index contributed by atoms with van der Waals surface area (Å²) in [6.45, 7) is 3.97. The van der Waals surface area contributed by atoms with Gasteiger partial charge in [0.05, 0.1) is 29.0 Å². The monoisotopic (exact) mass is 356 g/mol. The molecule has 0 unspecified atom stereocenters. The number of rotatable bonds is 8. The van der Waals surface area contributed by atoms with Gasteiger partial charge >= 0.3 is 0 Å². The Balaban J connectivity index is 0.000000763. The standard InChI is InChI=1S/C11H20N2O3S.CH4O3S/c1-2-3-6-12-8-9-13(11-12)7-4-5-10-17(14,15)16;1-5(2,3)4/h8-9,11H,2-7,10H2,1H3;1H3,(H,2,3,4). The van der Waals surface area contributed by atoms with E-state index in [4.69, 9.17) is 17.5 Å². The molecule has 0 atom stereocenters. The maximum Gasteiger partial charge on any atom is 0.264 e. The Hall–Kier alpha value is -0.970. The molecule has 0 amide bonds. The summed E-state index contributed by atoms with van der Waals surface area (Å²) >= 11 is 0. The molecule has 0 fully saturated rings. The van der Waals surface area contributed by atoms with E-state index in [1.54, 1.807) is 0 Å². The quantitative estimate of drug-likeness (QED) is 0.409. The van der Waals surface area contributed by atoms with E-state index in [9.17, 15) is 8.42 Å². The van der Waals surface area contributed by atoms with Crippen LogP contribution in [0.5, 0.6) is 0 Å². The molecule has 1 aromatic rings. The first-order chi connectivity index (χ1) is 10.0. The van der Waals surface area contributed by atoms with Crippen molar-refractivity contribution in [3.63, 3.8) is 0 Å². The van der Waals surface area contributed by atoms with E-state index in [2.05, 4.69) is 11.5 Å². The lowest BCUT2D eigenvalue weighted by Crippen LogP contribution is -2.30. The normalized spacial score (nSPS) is 11.8. The average molecular weight is 356 g/mol. The number of hydrogen-bond acceptors (Lipinski definition) is 5. The van der Waals surface area contributed by atoms with Crippen molar-refractivity contribution < 1.29 is 30.5 Å². The molecule has 0 aromatic carbocycles. The molecule has 0 aliphatic carbocycles. The van der Waals surface area contributed by atoms with Crippen molar-refractivity contribution in [3.05, 3.63) is 18.7 Å². The minimum absolute atomic E-state index is 0.149. The average Bonchev–Trinajstić information content (AvgIpc) is 2.77. The third-order valence-electron chi connectivity index (χ3n) is 2.58. The molecule has 0 aliphatic rings. The van der Waals surface area contributed by atoms with Crippen molar-refractivity contribution in [3.8, 4) is 0 Å². The van der Waals surface area contributed by atoms with Crippen molar-refractivity contribution >= 4 is 20.2 Å². The Morgan fingerprint density at radius 2 is 1.77 bits per heavy atom. The molecule has 1 rings (SSSR count). The van der Waals surface area contributed by atoms with Crippen LogP contribution in [0.1, 0.15) is 32.6 Å². The number of aryl methyl sites for hydroxylation is 2. The minimum Gasteiger partial charge on any atom is -0.748 e. The van der Waals surface area contributed by atoms with Gasteiger partial charge in [-0.2, -0.15) is 8.42 Å². The van der Waals surface area contributed by atoms with Crippen LogP contribution in [-0.2, 0) is 33.3 Å². The first-order valence-corrected chi connectivity index (χ1v) is 10.3. The van der Waals surface area contributed by atoms with Crippen LogP contribution in [0.4, 0.5) is 0 Å². The predicted molar refractivity (Wildman–Crippen MR) is 80.8 cm³/mol. The van der Waals surface area contributed by atoms with Gasteiger partial charge in [-0.05, 0) is 19.3 Å². The molecule has 1 heterocycles. The number of nitrogens with zero attached hydrogens (tertiary/aromatic N) is 2. The summed E-state index contributed by atoms with van der Waals surface area (Å²) in [6.07, 6.45) is 10.2. The smallest absolute Gasteiger partial charge is 0.264 e. The second-order valence-electron chi connectivity index (χ2n) is 4.94. The molecular formula is C12H24N2O6S2. The van der Waals surface area contributed by atoms with E-state index >= 15 is 0 Å². The lowest BCUT2D eigenvalue weighted by atomic mass is 10.3. The van der Waals surface area contributed by atoms with E-state index in [0.717, 1.165) is 25.9 Å². The van der Waals surface area contributed by atoms with Crippen LogP contribution < -0.4 is 4.57 Å². The van der Waals surface area contributed by atoms with Gasteiger partial charge in [0.25, 0.3) is 10.1 Å². The summed E-state index contributed by atoms with van der Waals surface area (Å²) < 4.78 is 61.0. The number of imidazole rings is 1. The Labute approximate surface area is 132 Å². The van der Waals surface area contributed by atoms with Gasteiger partial charge in [0.1, 0.15) is 12.4 Å². The van der Waals surface area contributed by atoms with Gasteiger partial charge in [-0.3, -0.25) is 4.55 Å². The Morgan fingerprint density at radius 1 is 1.18 bits per heavy atom. The summed E-state index contributed by atoms with van der Waals surface area (Å²) in [5, 5.41) is 0. The Kier molecular flexibility index (Phi) is 9.49. The van der Waals surface area contributed by atoms with Crippen LogP contribution >= 0.6 is 0 Å². The predicted octanol–water partition coefficient (Wildman–Crippen LogP) is 0.405. The molecule has 0 saturated carbocycles. The van der Waals surface area contributed by atoms with E-state index in [1.165, 1.54) is 6.42 Å². The lowest BCUT2D eigenvalue weighted by molar-refractivity contribution is -0.696. The third kappa shape index (κ3) is 15.4. The van der Waals surface area contributed by atoms with E-state index in [0.29, 0.717) is 12.7 Å². The van der Waals surface area contributed by atoms with Crippen LogP contribution in [0.3, 0.4) is 0 Å². The highest BCUT2D eigenvalue weighted by Crippen LogP contribution is 1.98. The highest BCUT2D eigenvalue weighted by molar-refractivity contribution is 7.85. The first-order valence-electron chi connectivity index (χ1n) is 6.92. The molecule has 8 nitrogen and oxygen atoms in total. The third-order valence-corrected chi connectivity index (χ3v) is 3.39. The van der Waals surface area contributed by atoms with Gasteiger partial charge in [0.2, 0.25) is 6.33 Å². The topological polar surface area (TPSA) is 120 Å². The highest BCUT2D eigenvalue weighted by atomic mass is 32.2. The molecule has 0 bridgehead atoms. The van der Waals surface area contributed by atoms with Gasteiger partial charge in [-0.25, -0.2) is 17.6 Å². The van der Waals surface area contributed by atoms with Crippen molar-refractivity contribution in [2.75, 3.05) is 12.0 Å². The van der Waals surface area contributed by atoms with Gasteiger partial charge < -0.3 is 4.55 Å². The fraction of sp³-hybridized carbons (Fsp3) is 0.750. The summed E-state index contributed by atoms with van der Waals surface area (Å²) in [4.78, 5) is 0. The zero-order chi connectivity index (χ0) is 17.2. The molecule has 0 aliphatic heterocycles. The SMILES string of the molecule is CCCC[n+]1ccn(CCCCS(=O)(=O)O)c1.CS(=O)(=O)[O-]. The Morgan fingerprint density at radius 3 is 2.27 bits per heavy atom. The minimum atomic E-state index is -3.92.